The minimum atomic E-state index is 0.0292. The van der Waals surface area contributed by atoms with Gasteiger partial charge in [0, 0.05) is 51.5 Å². The summed E-state index contributed by atoms with van der Waals surface area (Å²) in [6.45, 7) is 7.98. The summed E-state index contributed by atoms with van der Waals surface area (Å²) in [4.78, 5) is 28.6. The number of amides is 2. The Labute approximate surface area is 153 Å². The Morgan fingerprint density at radius 3 is 2.31 bits per heavy atom. The minimum absolute atomic E-state index is 0.0292. The average molecular weight is 356 g/mol. The van der Waals surface area contributed by atoms with Gasteiger partial charge in [0.15, 0.2) is 0 Å². The van der Waals surface area contributed by atoms with E-state index in [0.717, 1.165) is 5.56 Å². The van der Waals surface area contributed by atoms with Crippen LogP contribution in [0.2, 0.25) is 0 Å². The van der Waals surface area contributed by atoms with Gasteiger partial charge in [-0.3, -0.25) is 9.59 Å². The maximum absolute atomic E-state index is 12.6. The Balaban J connectivity index is 1.50. The van der Waals surface area contributed by atoms with Crippen molar-refractivity contribution in [3.8, 4) is 0 Å². The molecule has 0 spiro atoms. The first-order valence-corrected chi connectivity index (χ1v) is 8.87. The van der Waals surface area contributed by atoms with Crippen molar-refractivity contribution < 1.29 is 14.0 Å². The number of hydrogen-bond donors (Lipinski definition) is 0. The van der Waals surface area contributed by atoms with Gasteiger partial charge in [-0.2, -0.15) is 0 Å². The molecule has 0 N–H and O–H groups in total. The molecule has 1 aliphatic heterocycles. The molecular formula is C19H24N4O3. The average Bonchev–Trinajstić information content (AvgIpc) is 3.07. The lowest BCUT2D eigenvalue weighted by molar-refractivity contribution is -0.132. The second-order valence-corrected chi connectivity index (χ2v) is 6.69. The molecule has 26 heavy (non-hydrogen) atoms. The molecule has 2 amide bonds. The Kier molecular flexibility index (Phi) is 5.35. The van der Waals surface area contributed by atoms with Crippen LogP contribution in [0.1, 0.15) is 39.7 Å². The van der Waals surface area contributed by atoms with Crippen molar-refractivity contribution in [2.24, 2.45) is 0 Å². The molecule has 0 aliphatic carbocycles. The summed E-state index contributed by atoms with van der Waals surface area (Å²) in [5.41, 5.74) is 2.99. The highest BCUT2D eigenvalue weighted by Gasteiger charge is 2.25. The first-order chi connectivity index (χ1) is 12.4. The molecular weight excluding hydrogens is 332 g/mol. The van der Waals surface area contributed by atoms with Crippen molar-refractivity contribution in [1.29, 1.82) is 0 Å². The third-order valence-corrected chi connectivity index (χ3v) is 4.79. The maximum Gasteiger partial charge on any atom is 0.253 e. The molecule has 3 rings (SSSR count). The quantitative estimate of drug-likeness (QED) is 0.836. The van der Waals surface area contributed by atoms with Crippen LogP contribution in [0.5, 0.6) is 0 Å². The predicted octanol–water partition coefficient (Wildman–Crippen LogP) is 1.91. The fraction of sp³-hybridized carbons (Fsp3) is 0.474. The molecule has 2 heterocycles. The van der Waals surface area contributed by atoms with Gasteiger partial charge in [0.05, 0.1) is 0 Å². The van der Waals surface area contributed by atoms with E-state index in [2.05, 4.69) is 10.2 Å². The van der Waals surface area contributed by atoms with Crippen molar-refractivity contribution >= 4 is 11.8 Å². The lowest BCUT2D eigenvalue weighted by Crippen LogP contribution is -2.50. The minimum Gasteiger partial charge on any atom is -0.426 e. The summed E-state index contributed by atoms with van der Waals surface area (Å²) >= 11 is 0. The highest BCUT2D eigenvalue weighted by molar-refractivity contribution is 5.94. The second kappa shape index (κ2) is 7.68. The van der Waals surface area contributed by atoms with E-state index in [9.17, 15) is 9.59 Å². The van der Waals surface area contributed by atoms with Gasteiger partial charge in [-0.25, -0.2) is 0 Å². The molecule has 0 bridgehead atoms. The molecule has 0 saturated carbocycles. The smallest absolute Gasteiger partial charge is 0.253 e. The highest BCUT2D eigenvalue weighted by Crippen LogP contribution is 2.14. The largest absolute Gasteiger partial charge is 0.426 e. The van der Waals surface area contributed by atoms with E-state index in [-0.39, 0.29) is 11.8 Å². The van der Waals surface area contributed by atoms with Gasteiger partial charge in [-0.05, 0) is 37.1 Å². The van der Waals surface area contributed by atoms with Crippen molar-refractivity contribution in [1.82, 2.24) is 20.0 Å². The zero-order chi connectivity index (χ0) is 18.7. The molecule has 1 fully saturated rings. The van der Waals surface area contributed by atoms with E-state index in [1.165, 1.54) is 5.56 Å². The number of hydrogen-bond acceptors (Lipinski definition) is 5. The summed E-state index contributed by atoms with van der Waals surface area (Å²) in [5, 5.41) is 7.67. The van der Waals surface area contributed by atoms with E-state index in [4.69, 9.17) is 4.42 Å². The van der Waals surface area contributed by atoms with Crippen LogP contribution in [0.3, 0.4) is 0 Å². The zero-order valence-corrected chi connectivity index (χ0v) is 15.5. The number of aromatic nitrogens is 2. The van der Waals surface area contributed by atoms with Gasteiger partial charge >= 0.3 is 0 Å². The molecule has 7 heteroatoms. The van der Waals surface area contributed by atoms with Crippen LogP contribution in [0.15, 0.2) is 22.6 Å². The number of piperazine rings is 1. The van der Waals surface area contributed by atoms with Gasteiger partial charge in [-0.15, -0.1) is 10.2 Å². The third-order valence-electron chi connectivity index (χ3n) is 4.79. The summed E-state index contributed by atoms with van der Waals surface area (Å²) in [7, 11) is 0. The van der Waals surface area contributed by atoms with Gasteiger partial charge < -0.3 is 14.2 Å². The van der Waals surface area contributed by atoms with Crippen LogP contribution in [0.25, 0.3) is 0 Å². The van der Waals surface area contributed by atoms with Crippen LogP contribution in [0, 0.1) is 20.8 Å². The van der Waals surface area contributed by atoms with E-state index in [1.807, 2.05) is 36.9 Å². The number of carbonyl (C=O) groups is 2. The summed E-state index contributed by atoms with van der Waals surface area (Å²) in [6.07, 6.45) is 0.786. The monoisotopic (exact) mass is 356 g/mol. The van der Waals surface area contributed by atoms with Gasteiger partial charge in [0.2, 0.25) is 17.7 Å². The number of benzene rings is 1. The first-order valence-electron chi connectivity index (χ1n) is 8.87. The van der Waals surface area contributed by atoms with Crippen molar-refractivity contribution in [3.63, 3.8) is 0 Å². The first kappa shape index (κ1) is 18.1. The molecule has 0 atom stereocenters. The Hall–Kier alpha value is -2.70. The SMILES string of the molecule is Cc1nnc(CCC(=O)N2CCN(C(=O)c3ccc(C)c(C)c3)CC2)o1. The van der Waals surface area contributed by atoms with Crippen molar-refractivity contribution in [2.75, 3.05) is 26.2 Å². The normalized spacial score (nSPS) is 14.6. The van der Waals surface area contributed by atoms with Crippen LogP contribution in [-0.4, -0.2) is 58.0 Å². The summed E-state index contributed by atoms with van der Waals surface area (Å²) in [5.74, 6) is 1.07. The van der Waals surface area contributed by atoms with E-state index in [0.29, 0.717) is 56.4 Å². The molecule has 0 unspecified atom stereocenters. The van der Waals surface area contributed by atoms with Gasteiger partial charge in [-0.1, -0.05) is 6.07 Å². The lowest BCUT2D eigenvalue weighted by Gasteiger charge is -2.35. The predicted molar refractivity (Wildman–Crippen MR) is 95.8 cm³/mol. The van der Waals surface area contributed by atoms with E-state index in [1.54, 1.807) is 11.8 Å². The van der Waals surface area contributed by atoms with E-state index >= 15 is 0 Å². The van der Waals surface area contributed by atoms with Crippen molar-refractivity contribution in [2.45, 2.75) is 33.6 Å². The molecule has 7 nitrogen and oxygen atoms in total. The fourth-order valence-electron chi connectivity index (χ4n) is 3.03. The number of nitrogens with zero attached hydrogens (tertiary/aromatic N) is 4. The maximum atomic E-state index is 12.6. The van der Waals surface area contributed by atoms with Crippen LogP contribution < -0.4 is 0 Å². The zero-order valence-electron chi connectivity index (χ0n) is 15.5. The lowest BCUT2D eigenvalue weighted by atomic mass is 10.1. The van der Waals surface area contributed by atoms with Crippen LogP contribution in [0.4, 0.5) is 0 Å². The highest BCUT2D eigenvalue weighted by atomic mass is 16.4. The molecule has 138 valence electrons. The number of aryl methyl sites for hydroxylation is 4. The van der Waals surface area contributed by atoms with Crippen LogP contribution in [-0.2, 0) is 11.2 Å². The molecule has 2 aromatic rings. The second-order valence-electron chi connectivity index (χ2n) is 6.69. The van der Waals surface area contributed by atoms with Crippen molar-refractivity contribution in [3.05, 3.63) is 46.7 Å². The Morgan fingerprint density at radius 2 is 1.69 bits per heavy atom. The molecule has 1 saturated heterocycles. The summed E-state index contributed by atoms with van der Waals surface area (Å²) in [6, 6.07) is 5.78. The van der Waals surface area contributed by atoms with Gasteiger partial charge in [0.1, 0.15) is 0 Å². The van der Waals surface area contributed by atoms with Crippen LogP contribution >= 0.6 is 0 Å². The Bertz CT molecular complexity index is 807. The number of rotatable bonds is 4. The standard InChI is InChI=1S/C19H24N4O3/c1-13-4-5-16(12-14(13)2)19(25)23-10-8-22(9-11-23)18(24)7-6-17-21-20-15(3)26-17/h4-5,12H,6-11H2,1-3H3. The fourth-order valence-corrected chi connectivity index (χ4v) is 3.03. The molecule has 0 radical (unpaired) electrons. The molecule has 1 aliphatic rings. The summed E-state index contributed by atoms with van der Waals surface area (Å²) < 4.78 is 5.29. The third kappa shape index (κ3) is 4.09. The topological polar surface area (TPSA) is 79.5 Å². The van der Waals surface area contributed by atoms with E-state index < -0.39 is 0 Å². The molecule has 1 aromatic heterocycles. The van der Waals surface area contributed by atoms with Gasteiger partial charge in [0.25, 0.3) is 5.91 Å². The number of carbonyl (C=O) groups excluding carboxylic acids is 2. The Morgan fingerprint density at radius 1 is 1.00 bits per heavy atom. The molecule has 1 aromatic carbocycles.